The predicted molar refractivity (Wildman–Crippen MR) is 96.0 cm³/mol. The number of unbranched alkanes of at least 4 members (excludes halogenated alkanes) is 3. The van der Waals surface area contributed by atoms with Gasteiger partial charge in [-0.2, -0.15) is 9.90 Å². The number of hydrogen-bond acceptors (Lipinski definition) is 5. The molecular weight excluding hydrogens is 324 g/mol. The number of nitrogens with one attached hydrogen (secondary N) is 1. The minimum Gasteiger partial charge on any atom is -0.481 e. The van der Waals surface area contributed by atoms with E-state index in [1.54, 1.807) is 11.0 Å². The highest BCUT2D eigenvalue weighted by Gasteiger charge is 2.02. The van der Waals surface area contributed by atoms with E-state index in [1.165, 1.54) is 17.5 Å². The van der Waals surface area contributed by atoms with Crippen molar-refractivity contribution in [2.75, 3.05) is 4.72 Å². The molecule has 0 aliphatic rings. The molecule has 0 unspecified atom stereocenters. The topological polar surface area (TPSA) is 80.0 Å². The van der Waals surface area contributed by atoms with E-state index in [0.717, 1.165) is 49.4 Å². The summed E-state index contributed by atoms with van der Waals surface area (Å²) in [5.41, 5.74) is 1.30. The number of aryl methyl sites for hydroxylation is 2. The number of carboxylic acids is 1. The van der Waals surface area contributed by atoms with Gasteiger partial charge < -0.3 is 9.83 Å². The van der Waals surface area contributed by atoms with E-state index >= 15 is 0 Å². The molecule has 130 valence electrons. The number of benzene rings is 1. The van der Waals surface area contributed by atoms with Crippen molar-refractivity contribution in [1.82, 2.24) is 15.0 Å². The summed E-state index contributed by atoms with van der Waals surface area (Å²) < 4.78 is 3.20. The summed E-state index contributed by atoms with van der Waals surface area (Å²) in [6.45, 7) is 2.76. The standard InChI is InChI=1S/C17H24N4O2S/c1-2-21-18-13-16(19-21)20-24-15-10-7-9-14(12-15)8-5-3-4-6-11-17(22)23/h7,9-10,12-13H,2-6,8,11H2,1H3,(H,19,20)(H,22,23). The number of carboxylic acid groups (broad SMARTS) is 1. The molecule has 24 heavy (non-hydrogen) atoms. The molecule has 0 fully saturated rings. The molecule has 1 aromatic carbocycles. The number of carbonyl (C=O) groups is 1. The van der Waals surface area contributed by atoms with Gasteiger partial charge in [0.25, 0.3) is 0 Å². The van der Waals surface area contributed by atoms with Gasteiger partial charge in [0.15, 0.2) is 5.82 Å². The molecule has 0 aliphatic heterocycles. The SMILES string of the molecule is CCn1ncc(NSc2cccc(CCCCCCC(=O)O)c2)n1. The molecule has 0 radical (unpaired) electrons. The fraction of sp³-hybridized carbons (Fsp3) is 0.471. The van der Waals surface area contributed by atoms with Gasteiger partial charge in [0, 0.05) is 11.3 Å². The molecule has 1 heterocycles. The Morgan fingerprint density at radius 2 is 2.12 bits per heavy atom. The highest BCUT2D eigenvalue weighted by Crippen LogP contribution is 2.21. The summed E-state index contributed by atoms with van der Waals surface area (Å²) in [6, 6.07) is 8.44. The van der Waals surface area contributed by atoms with Crippen molar-refractivity contribution in [1.29, 1.82) is 0 Å². The normalized spacial score (nSPS) is 10.7. The van der Waals surface area contributed by atoms with Crippen molar-refractivity contribution in [2.24, 2.45) is 0 Å². The molecule has 2 aromatic rings. The van der Waals surface area contributed by atoms with Crippen molar-refractivity contribution >= 4 is 23.7 Å². The number of rotatable bonds is 11. The van der Waals surface area contributed by atoms with Crippen LogP contribution in [-0.4, -0.2) is 26.1 Å². The molecule has 2 N–H and O–H groups in total. The van der Waals surface area contributed by atoms with Crippen LogP contribution in [0.2, 0.25) is 0 Å². The molecule has 1 aromatic heterocycles. The molecular formula is C17H24N4O2S. The van der Waals surface area contributed by atoms with E-state index in [-0.39, 0.29) is 6.42 Å². The second-order valence-electron chi connectivity index (χ2n) is 5.58. The Kier molecular flexibility index (Phi) is 7.61. The first-order valence-electron chi connectivity index (χ1n) is 8.31. The van der Waals surface area contributed by atoms with Crippen molar-refractivity contribution in [3.05, 3.63) is 36.0 Å². The first kappa shape index (κ1) is 18.3. The zero-order valence-electron chi connectivity index (χ0n) is 13.9. The molecule has 0 atom stereocenters. The average molecular weight is 348 g/mol. The lowest BCUT2D eigenvalue weighted by molar-refractivity contribution is -0.137. The lowest BCUT2D eigenvalue weighted by atomic mass is 10.1. The number of aliphatic carboxylic acids is 1. The fourth-order valence-electron chi connectivity index (χ4n) is 2.33. The van der Waals surface area contributed by atoms with Crippen LogP contribution in [0.5, 0.6) is 0 Å². The highest BCUT2D eigenvalue weighted by molar-refractivity contribution is 8.00. The van der Waals surface area contributed by atoms with Crippen molar-refractivity contribution in [3.63, 3.8) is 0 Å². The van der Waals surface area contributed by atoms with Crippen LogP contribution in [0.25, 0.3) is 0 Å². The average Bonchev–Trinajstić information content (AvgIpc) is 3.04. The van der Waals surface area contributed by atoms with E-state index in [4.69, 9.17) is 5.11 Å². The summed E-state index contributed by atoms with van der Waals surface area (Å²) in [6.07, 6.45) is 6.93. The van der Waals surface area contributed by atoms with E-state index in [0.29, 0.717) is 0 Å². The number of hydrogen-bond donors (Lipinski definition) is 2. The summed E-state index contributed by atoms with van der Waals surface area (Å²) >= 11 is 1.53. The maximum absolute atomic E-state index is 10.5. The van der Waals surface area contributed by atoms with Crippen LogP contribution in [-0.2, 0) is 17.8 Å². The van der Waals surface area contributed by atoms with Crippen molar-refractivity contribution < 1.29 is 9.90 Å². The second-order valence-corrected chi connectivity index (χ2v) is 6.46. The Morgan fingerprint density at radius 1 is 1.29 bits per heavy atom. The molecule has 7 heteroatoms. The quantitative estimate of drug-likeness (QED) is 0.472. The Labute approximate surface area is 146 Å². The minimum atomic E-state index is -0.703. The lowest BCUT2D eigenvalue weighted by Gasteiger charge is -2.05. The Bertz CT molecular complexity index is 645. The number of nitrogens with zero attached hydrogens (tertiary/aromatic N) is 3. The van der Waals surface area contributed by atoms with Crippen LogP contribution in [0.3, 0.4) is 0 Å². The maximum atomic E-state index is 10.5. The molecule has 2 rings (SSSR count). The van der Waals surface area contributed by atoms with Crippen LogP contribution in [0, 0.1) is 0 Å². The first-order chi connectivity index (χ1) is 11.7. The summed E-state index contributed by atoms with van der Waals surface area (Å²) in [7, 11) is 0. The van der Waals surface area contributed by atoms with Gasteiger partial charge in [-0.1, -0.05) is 25.0 Å². The van der Waals surface area contributed by atoms with Crippen LogP contribution < -0.4 is 4.72 Å². The second kappa shape index (κ2) is 9.97. The van der Waals surface area contributed by atoms with Crippen molar-refractivity contribution in [2.45, 2.75) is 56.9 Å². The van der Waals surface area contributed by atoms with Crippen LogP contribution in [0.1, 0.15) is 44.6 Å². The molecule has 0 bridgehead atoms. The molecule has 0 amide bonds. The fourth-order valence-corrected chi connectivity index (χ4v) is 3.00. The summed E-state index contributed by atoms with van der Waals surface area (Å²) in [5.74, 6) is 0.0527. The largest absolute Gasteiger partial charge is 0.481 e. The third-order valence-electron chi connectivity index (χ3n) is 3.60. The lowest BCUT2D eigenvalue weighted by Crippen LogP contribution is -1.98. The Morgan fingerprint density at radius 3 is 2.88 bits per heavy atom. The van der Waals surface area contributed by atoms with E-state index in [1.807, 2.05) is 6.92 Å². The van der Waals surface area contributed by atoms with Gasteiger partial charge in [-0.15, -0.1) is 5.10 Å². The molecule has 0 saturated carbocycles. The molecule has 0 aliphatic carbocycles. The van der Waals surface area contributed by atoms with Gasteiger partial charge in [-0.05, 0) is 55.8 Å². The van der Waals surface area contributed by atoms with E-state index < -0.39 is 5.97 Å². The third-order valence-corrected chi connectivity index (χ3v) is 4.40. The molecule has 0 saturated heterocycles. The zero-order chi connectivity index (χ0) is 17.2. The van der Waals surface area contributed by atoms with Gasteiger partial charge >= 0.3 is 5.97 Å². The Balaban J connectivity index is 1.71. The van der Waals surface area contributed by atoms with Gasteiger partial charge in [0.1, 0.15) is 0 Å². The Hall–Kier alpha value is -2.02. The first-order valence-corrected chi connectivity index (χ1v) is 9.12. The van der Waals surface area contributed by atoms with Gasteiger partial charge in [0.05, 0.1) is 12.7 Å². The number of aromatic nitrogens is 3. The highest BCUT2D eigenvalue weighted by atomic mass is 32.2. The van der Waals surface area contributed by atoms with E-state index in [9.17, 15) is 4.79 Å². The molecule has 6 nitrogen and oxygen atoms in total. The van der Waals surface area contributed by atoms with Gasteiger partial charge in [-0.3, -0.25) is 4.79 Å². The summed E-state index contributed by atoms with van der Waals surface area (Å²) in [5, 5.41) is 17.0. The van der Waals surface area contributed by atoms with Crippen LogP contribution in [0.15, 0.2) is 35.4 Å². The van der Waals surface area contributed by atoms with Gasteiger partial charge in [0.2, 0.25) is 0 Å². The van der Waals surface area contributed by atoms with E-state index in [2.05, 4.69) is 39.2 Å². The third kappa shape index (κ3) is 6.62. The number of anilines is 1. The van der Waals surface area contributed by atoms with Crippen LogP contribution >= 0.6 is 11.9 Å². The smallest absolute Gasteiger partial charge is 0.303 e. The van der Waals surface area contributed by atoms with Gasteiger partial charge in [-0.25, -0.2) is 0 Å². The summed E-state index contributed by atoms with van der Waals surface area (Å²) in [4.78, 5) is 13.2. The predicted octanol–water partition coefficient (Wildman–Crippen LogP) is 3.99. The monoisotopic (exact) mass is 348 g/mol. The van der Waals surface area contributed by atoms with Crippen molar-refractivity contribution in [3.8, 4) is 0 Å². The minimum absolute atomic E-state index is 0.278. The zero-order valence-corrected chi connectivity index (χ0v) is 14.8. The maximum Gasteiger partial charge on any atom is 0.303 e. The van der Waals surface area contributed by atoms with Crippen LogP contribution in [0.4, 0.5) is 5.82 Å². The molecule has 0 spiro atoms.